The number of carbonyl (C=O) groups excluding carboxylic acids is 3. The number of ether oxygens (including phenoxy) is 2. The van der Waals surface area contributed by atoms with Gasteiger partial charge in [-0.25, -0.2) is 23.1 Å². The SMILES string of the molecule is C=C=C=C=C=C=C=C=C=C=C=C(CC(=O)CCCCCNC(=O)CCSC1C=CN(C2OC(COP(=O)(O)OP(=O)(O)OP(=O)(O)O)C(C)C2C)C(=O)C1)OP(=O)(O)OCC1OC(n2cc(Br)c(=O)[nH]c2=O)CC1O. The van der Waals surface area contributed by atoms with Crippen molar-refractivity contribution in [2.75, 3.05) is 25.5 Å². The number of nitrogens with zero attached hydrogens (tertiary/aromatic N) is 2. The van der Waals surface area contributed by atoms with Crippen LogP contribution in [0.1, 0.15) is 71.4 Å². The summed E-state index contributed by atoms with van der Waals surface area (Å²) >= 11 is 4.40. The summed E-state index contributed by atoms with van der Waals surface area (Å²) in [6, 6.07) is 0. The zero-order valence-corrected chi connectivity index (χ0v) is 45.7. The summed E-state index contributed by atoms with van der Waals surface area (Å²) in [6.07, 6.45) is 0.209. The fourth-order valence-electron chi connectivity index (χ4n) is 6.95. The van der Waals surface area contributed by atoms with Gasteiger partial charge in [0.1, 0.15) is 24.3 Å². The number of aromatic amines is 1. The number of hydrogen-bond donors (Lipinski definition) is 8. The number of phosphoric acid groups is 4. The number of thioether (sulfide) groups is 1. The largest absolute Gasteiger partial charge is 0.527 e. The van der Waals surface area contributed by atoms with Crippen LogP contribution in [0.5, 0.6) is 0 Å². The third kappa shape index (κ3) is 22.3. The lowest BCUT2D eigenvalue weighted by Crippen LogP contribution is -2.42. The molecule has 1 aromatic rings. The second-order valence-corrected chi connectivity index (χ2v) is 24.2. The Bertz CT molecular complexity index is 3060. The van der Waals surface area contributed by atoms with Crippen molar-refractivity contribution in [2.24, 2.45) is 11.8 Å². The van der Waals surface area contributed by atoms with Gasteiger partial charge in [0.25, 0.3) is 5.56 Å². The lowest BCUT2D eigenvalue weighted by atomic mass is 9.92. The number of amides is 2. The van der Waals surface area contributed by atoms with E-state index in [-0.39, 0.29) is 59.1 Å². The van der Waals surface area contributed by atoms with Crippen molar-refractivity contribution in [3.05, 3.63) is 113 Å². The fraction of sp³-hybridized carbons (Fsp3) is 0.512. The second kappa shape index (κ2) is 29.4. The van der Waals surface area contributed by atoms with Crippen molar-refractivity contribution in [2.45, 2.75) is 101 Å². The average Bonchev–Trinajstić information content (AvgIpc) is 3.81. The molecule has 26 nitrogen and oxygen atoms in total. The maximum Gasteiger partial charge on any atom is 0.527 e. The first kappa shape index (κ1) is 63.2. The summed E-state index contributed by atoms with van der Waals surface area (Å²) in [4.78, 5) is 113. The first-order valence-electron chi connectivity index (χ1n) is 22.2. The van der Waals surface area contributed by atoms with E-state index in [9.17, 15) is 62.0 Å². The first-order chi connectivity index (χ1) is 35.2. The van der Waals surface area contributed by atoms with Crippen molar-refractivity contribution in [3.63, 3.8) is 0 Å². The highest BCUT2D eigenvalue weighted by Gasteiger charge is 2.47. The molecule has 32 heteroatoms. The van der Waals surface area contributed by atoms with E-state index in [0.717, 1.165) is 4.57 Å². The van der Waals surface area contributed by atoms with Crippen molar-refractivity contribution in [3.8, 4) is 0 Å². The normalized spacial score (nSPS) is 24.3. The Balaban J connectivity index is 1.20. The number of aromatic nitrogens is 2. The van der Waals surface area contributed by atoms with Crippen LogP contribution in [0.2, 0.25) is 0 Å². The molecule has 11 unspecified atom stereocenters. The van der Waals surface area contributed by atoms with Gasteiger partial charge >= 0.3 is 37.0 Å². The summed E-state index contributed by atoms with van der Waals surface area (Å²) in [5.41, 5.74) is 22.4. The molecule has 4 rings (SSSR count). The number of ketones is 1. The second-order valence-electron chi connectivity index (χ2n) is 16.2. The number of carbonyl (C=O) groups is 3. The van der Waals surface area contributed by atoms with Crippen molar-refractivity contribution < 1.29 is 93.9 Å². The van der Waals surface area contributed by atoms with Crippen LogP contribution >= 0.6 is 59.0 Å². The monoisotopic (exact) mass is 1210 g/mol. The van der Waals surface area contributed by atoms with Gasteiger partial charge in [-0.1, -0.05) is 32.1 Å². The Labute approximate surface area is 440 Å². The number of unbranched alkanes of at least 4 members (excludes halogenated alkanes) is 2. The standard InChI is InChI=1S/C43H51BrN4O22P4S/c1-4-5-6-7-8-9-10-11-14-17-32(68-72(58,59)64-28-37-35(50)25-40(66-37)48-26-34(44)41(53)46-43(48)54)23-31(49)16-13-12-15-20-45-38(51)19-22-75-33-18-21-47(39(52)24-33)42-30(3)29(2)36(67-42)27-65-73(60,61)70-74(62,63)69-71(55,56)57/h18,21,26,29-30,33,35-37,40,42,50H,1,12-13,15-16,19-20,22-25,27-28H2,2-3H3,(H,45,51)(H,58,59)(H,60,61)(H,62,63)(H,46,53,54)(H2,55,56,57). The minimum atomic E-state index is -5.71. The minimum Gasteiger partial charge on any atom is -0.399 e. The molecule has 0 bridgehead atoms. The average molecular weight is 1210 g/mol. The number of halogens is 1. The van der Waals surface area contributed by atoms with Gasteiger partial charge < -0.3 is 44.0 Å². The van der Waals surface area contributed by atoms with Gasteiger partial charge in [-0.2, -0.15) is 20.4 Å². The zero-order chi connectivity index (χ0) is 55.6. The highest BCUT2D eigenvalue weighted by atomic mass is 79.9. The smallest absolute Gasteiger partial charge is 0.399 e. The molecule has 2 amide bonds. The van der Waals surface area contributed by atoms with Crippen LogP contribution in [0.3, 0.4) is 0 Å². The molecule has 2 fully saturated rings. The fourth-order valence-corrected chi connectivity index (χ4v) is 12.1. The molecule has 0 aliphatic carbocycles. The van der Waals surface area contributed by atoms with Crippen LogP contribution < -0.4 is 16.6 Å². The molecule has 3 aliphatic heterocycles. The third-order valence-corrected chi connectivity index (χ3v) is 17.2. The Hall–Kier alpha value is -4.36. The third-order valence-electron chi connectivity index (χ3n) is 10.7. The summed E-state index contributed by atoms with van der Waals surface area (Å²) in [6.45, 7) is 5.75. The van der Waals surface area contributed by atoms with Gasteiger partial charge in [-0.05, 0) is 92.8 Å². The van der Waals surface area contributed by atoms with E-state index < -0.39 is 104 Å². The van der Waals surface area contributed by atoms with Gasteiger partial charge in [0.05, 0.1) is 36.3 Å². The molecule has 11 atom stereocenters. The Morgan fingerprint density at radius 1 is 0.867 bits per heavy atom. The molecule has 408 valence electrons. The van der Waals surface area contributed by atoms with E-state index in [0.29, 0.717) is 31.6 Å². The van der Waals surface area contributed by atoms with E-state index in [4.69, 9.17) is 32.8 Å². The molecule has 0 aromatic carbocycles. The topological polar surface area (TPSA) is 376 Å². The van der Waals surface area contributed by atoms with E-state index in [1.165, 1.54) is 22.9 Å². The van der Waals surface area contributed by atoms with Gasteiger partial charge in [0, 0.05) is 61.5 Å². The molecule has 2 saturated heterocycles. The molecular formula is C43H51BrN4O22P4S. The number of hydrogen-bond acceptors (Lipinski definition) is 18. The molecule has 75 heavy (non-hydrogen) atoms. The summed E-state index contributed by atoms with van der Waals surface area (Å²) in [7, 11) is -21.7. The maximum absolute atomic E-state index is 13.2. The van der Waals surface area contributed by atoms with Gasteiger partial charge in [-0.3, -0.25) is 47.6 Å². The van der Waals surface area contributed by atoms with Crippen LogP contribution in [0.15, 0.2) is 102 Å². The van der Waals surface area contributed by atoms with Crippen LogP contribution in [-0.4, -0.2) is 117 Å². The van der Waals surface area contributed by atoms with Crippen molar-refractivity contribution >= 4 is 76.6 Å². The van der Waals surface area contributed by atoms with Gasteiger partial charge in [0.2, 0.25) is 11.8 Å². The number of aliphatic hydroxyl groups is 1. The number of Topliss-reactive ketones (excluding diaryl/α,β-unsaturated/α-hetero) is 1. The quantitative estimate of drug-likeness (QED) is 0.0276. The predicted octanol–water partition coefficient (Wildman–Crippen LogP) is 4.36. The van der Waals surface area contributed by atoms with Crippen LogP contribution in [0.4, 0.5) is 0 Å². The maximum atomic E-state index is 13.2. The Morgan fingerprint density at radius 2 is 1.52 bits per heavy atom. The van der Waals surface area contributed by atoms with Crippen LogP contribution in [0.25, 0.3) is 0 Å². The Kier molecular flexibility index (Phi) is 24.8. The lowest BCUT2D eigenvalue weighted by Gasteiger charge is -2.32. The summed E-state index contributed by atoms with van der Waals surface area (Å²) in [5.74, 6) is -1.74. The lowest BCUT2D eigenvalue weighted by molar-refractivity contribution is -0.143. The van der Waals surface area contributed by atoms with E-state index >= 15 is 0 Å². The first-order valence-corrected chi connectivity index (χ1v) is 30.0. The molecule has 1 aromatic heterocycles. The molecule has 4 heterocycles. The molecule has 3 aliphatic rings. The number of rotatable bonds is 26. The number of nitrogens with one attached hydrogen (secondary N) is 2. The Morgan fingerprint density at radius 3 is 2.19 bits per heavy atom. The van der Waals surface area contributed by atoms with Crippen molar-refractivity contribution in [1.29, 1.82) is 0 Å². The predicted molar refractivity (Wildman–Crippen MR) is 264 cm³/mol. The van der Waals surface area contributed by atoms with E-state index in [1.807, 2.05) is 0 Å². The summed E-state index contributed by atoms with van der Waals surface area (Å²) in [5, 5.41) is 13.1. The number of allylic oxidation sites excluding steroid dienone is 1. The van der Waals surface area contributed by atoms with E-state index in [2.05, 4.69) is 98.7 Å². The van der Waals surface area contributed by atoms with Gasteiger partial charge in [0.15, 0.2) is 5.76 Å². The molecule has 0 saturated carbocycles. The van der Waals surface area contributed by atoms with Crippen LogP contribution in [0, 0.1) is 11.8 Å². The highest BCUT2D eigenvalue weighted by Crippen LogP contribution is 2.66. The zero-order valence-electron chi connectivity index (χ0n) is 39.7. The number of H-pyrrole nitrogens is 1. The summed E-state index contributed by atoms with van der Waals surface area (Å²) < 4.78 is 82.8. The van der Waals surface area contributed by atoms with E-state index in [1.54, 1.807) is 26.1 Å². The highest BCUT2D eigenvalue weighted by molar-refractivity contribution is 9.10. The molecule has 0 spiro atoms. The van der Waals surface area contributed by atoms with Crippen molar-refractivity contribution in [1.82, 2.24) is 19.8 Å². The number of phosphoric ester groups is 2. The molecule has 0 radical (unpaired) electrons. The minimum absolute atomic E-state index is 0.0109. The molecule has 8 N–H and O–H groups in total. The van der Waals surface area contributed by atoms with Crippen LogP contribution in [-0.2, 0) is 64.3 Å². The molecular weight excluding hydrogens is 1160 g/mol. The number of aliphatic hydroxyl groups excluding tert-OH is 1. The van der Waals surface area contributed by atoms with Gasteiger partial charge in [-0.15, -0.1) is 0 Å².